The predicted molar refractivity (Wildman–Crippen MR) is 88.2 cm³/mol. The minimum atomic E-state index is -0.505. The largest absolute Gasteiger partial charge is 0.481 e. The fourth-order valence-electron chi connectivity index (χ4n) is 1.91. The second-order valence-electron chi connectivity index (χ2n) is 5.25. The Morgan fingerprint density at radius 2 is 1.91 bits per heavy atom. The van der Waals surface area contributed by atoms with Crippen LogP contribution in [0.3, 0.4) is 0 Å². The van der Waals surface area contributed by atoms with Gasteiger partial charge in [0.1, 0.15) is 0 Å². The average Bonchev–Trinajstić information content (AvgIpc) is 2.54. The van der Waals surface area contributed by atoms with Gasteiger partial charge in [0.25, 0.3) is 5.91 Å². The lowest BCUT2D eigenvalue weighted by atomic mass is 10.0. The van der Waals surface area contributed by atoms with Crippen LogP contribution in [0.25, 0.3) is 0 Å². The summed E-state index contributed by atoms with van der Waals surface area (Å²) in [5.74, 6) is -0.913. The van der Waals surface area contributed by atoms with E-state index in [4.69, 9.17) is 4.74 Å². The highest BCUT2D eigenvalue weighted by atomic mass is 19.1. The van der Waals surface area contributed by atoms with E-state index < -0.39 is 11.7 Å². The van der Waals surface area contributed by atoms with E-state index in [0.717, 1.165) is 11.1 Å². The second-order valence-corrected chi connectivity index (χ2v) is 5.25. The van der Waals surface area contributed by atoms with Gasteiger partial charge in [-0.25, -0.2) is 9.82 Å². The maximum atomic E-state index is 13.4. The van der Waals surface area contributed by atoms with Crippen molar-refractivity contribution in [2.45, 2.75) is 20.8 Å². The van der Waals surface area contributed by atoms with E-state index in [0.29, 0.717) is 5.71 Å². The highest BCUT2D eigenvalue weighted by molar-refractivity contribution is 5.99. The van der Waals surface area contributed by atoms with Crippen molar-refractivity contribution in [1.29, 1.82) is 0 Å². The lowest BCUT2D eigenvalue weighted by Crippen LogP contribution is -2.25. The van der Waals surface area contributed by atoms with E-state index in [1.807, 2.05) is 39.0 Å². The second kappa shape index (κ2) is 7.54. The molecule has 0 saturated heterocycles. The molecule has 0 heterocycles. The Balaban J connectivity index is 1.92. The number of nitrogens with one attached hydrogen (secondary N) is 1. The van der Waals surface area contributed by atoms with Crippen molar-refractivity contribution in [2.24, 2.45) is 5.10 Å². The molecule has 0 bridgehead atoms. The summed E-state index contributed by atoms with van der Waals surface area (Å²) in [5, 5.41) is 4.04. The molecule has 4 nitrogen and oxygen atoms in total. The van der Waals surface area contributed by atoms with Crippen molar-refractivity contribution < 1.29 is 13.9 Å². The quantitative estimate of drug-likeness (QED) is 0.679. The Morgan fingerprint density at radius 1 is 1.17 bits per heavy atom. The van der Waals surface area contributed by atoms with Gasteiger partial charge < -0.3 is 4.74 Å². The Kier molecular flexibility index (Phi) is 5.46. The highest BCUT2D eigenvalue weighted by Gasteiger charge is 2.06. The number of carbonyl (C=O) groups excluding carboxylic acids is 1. The van der Waals surface area contributed by atoms with Crippen LogP contribution in [0.15, 0.2) is 47.6 Å². The average molecular weight is 314 g/mol. The number of ether oxygens (including phenoxy) is 1. The van der Waals surface area contributed by atoms with E-state index in [1.165, 1.54) is 17.7 Å². The highest BCUT2D eigenvalue weighted by Crippen LogP contribution is 2.15. The zero-order valence-electron chi connectivity index (χ0n) is 13.4. The van der Waals surface area contributed by atoms with Crippen molar-refractivity contribution in [2.75, 3.05) is 6.61 Å². The van der Waals surface area contributed by atoms with Gasteiger partial charge in [-0.1, -0.05) is 24.3 Å². The number of hydrogen-bond acceptors (Lipinski definition) is 3. The molecule has 0 atom stereocenters. The summed E-state index contributed by atoms with van der Waals surface area (Å²) in [5.41, 5.74) is 6.38. The van der Waals surface area contributed by atoms with Gasteiger partial charge in [0.05, 0.1) is 5.71 Å². The molecule has 2 aromatic rings. The maximum absolute atomic E-state index is 13.4. The molecule has 0 unspecified atom stereocenters. The summed E-state index contributed by atoms with van der Waals surface area (Å²) in [4.78, 5) is 11.7. The van der Waals surface area contributed by atoms with Crippen LogP contribution in [0.1, 0.15) is 23.6 Å². The van der Waals surface area contributed by atoms with Crippen molar-refractivity contribution in [1.82, 2.24) is 5.43 Å². The Bertz CT molecular complexity index is 742. The number of rotatable bonds is 5. The smallest absolute Gasteiger partial charge is 0.277 e. The molecule has 0 saturated carbocycles. The summed E-state index contributed by atoms with van der Waals surface area (Å²) in [6, 6.07) is 11.9. The van der Waals surface area contributed by atoms with Crippen LogP contribution in [0.4, 0.5) is 4.39 Å². The van der Waals surface area contributed by atoms with E-state index in [9.17, 15) is 9.18 Å². The minimum Gasteiger partial charge on any atom is -0.481 e. The third kappa shape index (κ3) is 4.64. The molecule has 23 heavy (non-hydrogen) atoms. The monoisotopic (exact) mass is 314 g/mol. The molecule has 0 radical (unpaired) electrons. The zero-order chi connectivity index (χ0) is 16.8. The summed E-state index contributed by atoms with van der Waals surface area (Å²) >= 11 is 0. The van der Waals surface area contributed by atoms with E-state index in [-0.39, 0.29) is 12.4 Å². The first-order chi connectivity index (χ1) is 11.0. The number of nitrogens with zero attached hydrogens (tertiary/aromatic N) is 1. The zero-order valence-corrected chi connectivity index (χ0v) is 13.4. The van der Waals surface area contributed by atoms with Crippen LogP contribution in [-0.4, -0.2) is 18.2 Å². The third-order valence-corrected chi connectivity index (χ3v) is 3.47. The van der Waals surface area contributed by atoms with Crippen molar-refractivity contribution in [3.05, 3.63) is 65.0 Å². The van der Waals surface area contributed by atoms with Gasteiger partial charge >= 0.3 is 0 Å². The van der Waals surface area contributed by atoms with Crippen LogP contribution in [0.5, 0.6) is 5.75 Å². The van der Waals surface area contributed by atoms with E-state index >= 15 is 0 Å². The van der Waals surface area contributed by atoms with Crippen LogP contribution in [-0.2, 0) is 4.79 Å². The summed E-state index contributed by atoms with van der Waals surface area (Å²) in [6.45, 7) is 5.56. The summed E-state index contributed by atoms with van der Waals surface area (Å²) < 4.78 is 18.5. The molecule has 2 rings (SSSR count). The first-order valence-electron chi connectivity index (χ1n) is 7.25. The molecule has 0 aromatic heterocycles. The van der Waals surface area contributed by atoms with Gasteiger partial charge in [-0.2, -0.15) is 5.10 Å². The maximum Gasteiger partial charge on any atom is 0.277 e. The molecular weight excluding hydrogens is 295 g/mol. The molecule has 1 N–H and O–H groups in total. The fraction of sp³-hybridized carbons (Fsp3) is 0.222. The van der Waals surface area contributed by atoms with Gasteiger partial charge in [-0.15, -0.1) is 0 Å². The van der Waals surface area contributed by atoms with Crippen LogP contribution in [0.2, 0.25) is 0 Å². The molecule has 2 aromatic carbocycles. The number of halogens is 1. The van der Waals surface area contributed by atoms with Crippen molar-refractivity contribution in [3.63, 3.8) is 0 Å². The number of carbonyl (C=O) groups is 1. The van der Waals surface area contributed by atoms with Crippen LogP contribution in [0, 0.1) is 19.7 Å². The van der Waals surface area contributed by atoms with Gasteiger partial charge in [0, 0.05) is 0 Å². The van der Waals surface area contributed by atoms with Gasteiger partial charge in [0.15, 0.2) is 18.2 Å². The standard InChI is InChI=1S/C18H19FN2O2/c1-12-8-9-15(10-13(12)2)14(3)20-21-18(22)11-23-17-7-5-4-6-16(17)19/h4-10H,11H2,1-3H3,(H,21,22)/b20-14-. The van der Waals surface area contributed by atoms with E-state index in [2.05, 4.69) is 10.5 Å². The first-order valence-corrected chi connectivity index (χ1v) is 7.25. The number of hydrazone groups is 1. The first kappa shape index (κ1) is 16.7. The molecule has 0 aliphatic carbocycles. The van der Waals surface area contributed by atoms with E-state index in [1.54, 1.807) is 12.1 Å². The Labute approximate surface area is 135 Å². The third-order valence-electron chi connectivity index (χ3n) is 3.47. The number of aryl methyl sites for hydroxylation is 2. The predicted octanol–water partition coefficient (Wildman–Crippen LogP) is 3.36. The van der Waals surface area contributed by atoms with Crippen molar-refractivity contribution >= 4 is 11.6 Å². The van der Waals surface area contributed by atoms with Crippen LogP contribution < -0.4 is 10.2 Å². The normalized spacial score (nSPS) is 11.2. The molecule has 5 heteroatoms. The SMILES string of the molecule is C/C(=N/NC(=O)COc1ccccc1F)c1ccc(C)c(C)c1. The van der Waals surface area contributed by atoms with Gasteiger partial charge in [0.2, 0.25) is 0 Å². The Hall–Kier alpha value is -2.69. The number of benzene rings is 2. The summed E-state index contributed by atoms with van der Waals surface area (Å²) in [6.07, 6.45) is 0. The summed E-state index contributed by atoms with van der Waals surface area (Å²) in [7, 11) is 0. The lowest BCUT2D eigenvalue weighted by molar-refractivity contribution is -0.123. The van der Waals surface area contributed by atoms with Crippen LogP contribution >= 0.6 is 0 Å². The van der Waals surface area contributed by atoms with Gasteiger partial charge in [-0.05, 0) is 55.7 Å². The Morgan fingerprint density at radius 3 is 2.61 bits per heavy atom. The fourth-order valence-corrected chi connectivity index (χ4v) is 1.91. The molecule has 0 aliphatic heterocycles. The minimum absolute atomic E-state index is 0.0394. The molecule has 0 fully saturated rings. The number of para-hydroxylation sites is 1. The van der Waals surface area contributed by atoms with Crippen molar-refractivity contribution in [3.8, 4) is 5.75 Å². The molecule has 0 spiro atoms. The lowest BCUT2D eigenvalue weighted by Gasteiger charge is -2.07. The topological polar surface area (TPSA) is 50.7 Å². The van der Waals surface area contributed by atoms with Gasteiger partial charge in [-0.3, -0.25) is 4.79 Å². The molecular formula is C18H19FN2O2. The molecule has 1 amide bonds. The number of amides is 1. The molecule has 0 aliphatic rings. The number of hydrogen-bond donors (Lipinski definition) is 1. The molecule has 120 valence electrons.